The van der Waals surface area contributed by atoms with Crippen molar-refractivity contribution in [1.82, 2.24) is 0 Å². The number of ketones is 1. The largest absolute Gasteiger partial charge is 0.493 e. The first-order valence-electron chi connectivity index (χ1n) is 6.88. The fourth-order valence-corrected chi connectivity index (χ4v) is 2.32. The molecule has 0 radical (unpaired) electrons. The van der Waals surface area contributed by atoms with Crippen LogP contribution in [0.5, 0.6) is 5.75 Å². The van der Waals surface area contributed by atoms with Crippen LogP contribution < -0.4 is 4.74 Å². The van der Waals surface area contributed by atoms with E-state index in [0.717, 1.165) is 22.3 Å². The lowest BCUT2D eigenvalue weighted by Gasteiger charge is -2.12. The summed E-state index contributed by atoms with van der Waals surface area (Å²) in [6.07, 6.45) is 0. The molecule has 2 rings (SSSR count). The summed E-state index contributed by atoms with van der Waals surface area (Å²) < 4.78 is 5.58. The second-order valence-electron chi connectivity index (χ2n) is 5.08. The van der Waals surface area contributed by atoms with Gasteiger partial charge in [0.25, 0.3) is 0 Å². The van der Waals surface area contributed by atoms with Crippen molar-refractivity contribution < 1.29 is 9.53 Å². The molecule has 2 aromatic rings. The van der Waals surface area contributed by atoms with Crippen molar-refractivity contribution in [2.45, 2.75) is 27.7 Å². The monoisotopic (exact) mass is 268 g/mol. The van der Waals surface area contributed by atoms with Gasteiger partial charge >= 0.3 is 0 Å². The number of aryl methyl sites for hydroxylation is 3. The second-order valence-corrected chi connectivity index (χ2v) is 5.08. The lowest BCUT2D eigenvalue weighted by Crippen LogP contribution is -2.07. The number of carbonyl (C=O) groups excluding carboxylic acids is 1. The Balaban J connectivity index is 2.49. The molecule has 0 spiro atoms. The third-order valence-corrected chi connectivity index (χ3v) is 3.31. The Morgan fingerprint density at radius 1 is 0.950 bits per heavy atom. The van der Waals surface area contributed by atoms with Gasteiger partial charge in [0.1, 0.15) is 5.75 Å². The summed E-state index contributed by atoms with van der Waals surface area (Å²) in [6.45, 7) is 8.45. The Morgan fingerprint density at radius 2 is 1.60 bits per heavy atom. The summed E-state index contributed by atoms with van der Waals surface area (Å²) in [6, 6.07) is 11.6. The molecule has 20 heavy (non-hydrogen) atoms. The lowest BCUT2D eigenvalue weighted by molar-refractivity contribution is 0.103. The van der Waals surface area contributed by atoms with Crippen LogP contribution in [0.3, 0.4) is 0 Å². The molecular weight excluding hydrogens is 248 g/mol. The molecule has 0 bridgehead atoms. The van der Waals surface area contributed by atoms with Crippen molar-refractivity contribution in [1.29, 1.82) is 0 Å². The van der Waals surface area contributed by atoms with E-state index in [0.29, 0.717) is 17.9 Å². The Hall–Kier alpha value is -2.09. The van der Waals surface area contributed by atoms with Gasteiger partial charge in [-0.3, -0.25) is 4.79 Å². The third kappa shape index (κ3) is 2.90. The average molecular weight is 268 g/mol. The highest BCUT2D eigenvalue weighted by atomic mass is 16.5. The van der Waals surface area contributed by atoms with Crippen LogP contribution in [0, 0.1) is 20.8 Å². The van der Waals surface area contributed by atoms with Gasteiger partial charge in [0.15, 0.2) is 5.78 Å². The molecule has 0 aromatic heterocycles. The summed E-state index contributed by atoms with van der Waals surface area (Å²) in [5.74, 6) is 0.678. The number of carbonyl (C=O) groups is 1. The van der Waals surface area contributed by atoms with Crippen LogP contribution in [0.4, 0.5) is 0 Å². The number of ether oxygens (including phenoxy) is 1. The summed E-state index contributed by atoms with van der Waals surface area (Å²) in [5, 5.41) is 0. The zero-order chi connectivity index (χ0) is 14.7. The zero-order valence-electron chi connectivity index (χ0n) is 12.5. The minimum Gasteiger partial charge on any atom is -0.493 e. The second kappa shape index (κ2) is 5.91. The van der Waals surface area contributed by atoms with E-state index in [9.17, 15) is 4.79 Å². The Kier molecular flexibility index (Phi) is 4.23. The maximum absolute atomic E-state index is 12.7. The van der Waals surface area contributed by atoms with E-state index in [4.69, 9.17) is 4.74 Å². The van der Waals surface area contributed by atoms with Crippen LogP contribution in [-0.4, -0.2) is 12.4 Å². The summed E-state index contributed by atoms with van der Waals surface area (Å²) >= 11 is 0. The minimum absolute atomic E-state index is 0.0228. The maximum Gasteiger partial charge on any atom is 0.197 e. The number of hydrogen-bond acceptors (Lipinski definition) is 2. The molecule has 0 saturated heterocycles. The molecule has 0 aliphatic heterocycles. The van der Waals surface area contributed by atoms with E-state index in [-0.39, 0.29) is 5.78 Å². The molecule has 0 N–H and O–H groups in total. The third-order valence-electron chi connectivity index (χ3n) is 3.31. The first-order chi connectivity index (χ1) is 9.52. The van der Waals surface area contributed by atoms with Gasteiger partial charge in [-0.15, -0.1) is 0 Å². The zero-order valence-corrected chi connectivity index (χ0v) is 12.5. The molecular formula is C18H20O2. The molecule has 0 saturated carbocycles. The highest BCUT2D eigenvalue weighted by Gasteiger charge is 2.16. The van der Waals surface area contributed by atoms with E-state index >= 15 is 0 Å². The van der Waals surface area contributed by atoms with Crippen LogP contribution in [0.2, 0.25) is 0 Å². The van der Waals surface area contributed by atoms with Crippen LogP contribution in [0.15, 0.2) is 36.4 Å². The standard InChI is InChI=1S/C18H20O2/c1-5-20-17-9-7-13(3)11-16(17)18(19)15-8-6-12(2)10-14(15)4/h6-11H,5H2,1-4H3. The van der Waals surface area contributed by atoms with Gasteiger partial charge in [-0.05, 0) is 45.4 Å². The maximum atomic E-state index is 12.7. The Bertz CT molecular complexity index is 642. The molecule has 2 nitrogen and oxygen atoms in total. The van der Waals surface area contributed by atoms with Crippen LogP contribution >= 0.6 is 0 Å². The van der Waals surface area contributed by atoms with Crippen molar-refractivity contribution in [3.63, 3.8) is 0 Å². The van der Waals surface area contributed by atoms with E-state index in [1.807, 2.05) is 64.1 Å². The molecule has 0 fully saturated rings. The first kappa shape index (κ1) is 14.3. The SMILES string of the molecule is CCOc1ccc(C)cc1C(=O)c1ccc(C)cc1C. The predicted molar refractivity (Wildman–Crippen MR) is 81.7 cm³/mol. The molecule has 0 aliphatic carbocycles. The van der Waals surface area contributed by atoms with E-state index < -0.39 is 0 Å². The highest BCUT2D eigenvalue weighted by Crippen LogP contribution is 2.25. The number of hydrogen-bond donors (Lipinski definition) is 0. The van der Waals surface area contributed by atoms with Crippen molar-refractivity contribution in [3.8, 4) is 5.75 Å². The molecule has 2 aromatic carbocycles. The van der Waals surface area contributed by atoms with E-state index in [1.54, 1.807) is 0 Å². The molecule has 0 heterocycles. The van der Waals surface area contributed by atoms with Gasteiger partial charge in [0, 0.05) is 5.56 Å². The molecule has 104 valence electrons. The topological polar surface area (TPSA) is 26.3 Å². The van der Waals surface area contributed by atoms with E-state index in [1.165, 1.54) is 0 Å². The van der Waals surface area contributed by atoms with Gasteiger partial charge in [-0.25, -0.2) is 0 Å². The van der Waals surface area contributed by atoms with Crippen LogP contribution in [0.1, 0.15) is 39.5 Å². The Morgan fingerprint density at radius 3 is 2.25 bits per heavy atom. The summed E-state index contributed by atoms with van der Waals surface area (Å²) in [7, 11) is 0. The normalized spacial score (nSPS) is 10.4. The minimum atomic E-state index is 0.0228. The molecule has 0 aliphatic rings. The lowest BCUT2D eigenvalue weighted by atomic mass is 9.96. The first-order valence-corrected chi connectivity index (χ1v) is 6.88. The van der Waals surface area contributed by atoms with Crippen molar-refractivity contribution >= 4 is 5.78 Å². The predicted octanol–water partition coefficient (Wildman–Crippen LogP) is 4.24. The van der Waals surface area contributed by atoms with Crippen molar-refractivity contribution in [3.05, 3.63) is 64.2 Å². The van der Waals surface area contributed by atoms with Crippen molar-refractivity contribution in [2.75, 3.05) is 6.61 Å². The summed E-state index contributed by atoms with van der Waals surface area (Å²) in [5.41, 5.74) is 4.59. The van der Waals surface area contributed by atoms with E-state index in [2.05, 4.69) is 0 Å². The van der Waals surface area contributed by atoms with Gasteiger partial charge in [-0.1, -0.05) is 35.4 Å². The number of rotatable bonds is 4. The highest BCUT2D eigenvalue weighted by molar-refractivity contribution is 6.11. The van der Waals surface area contributed by atoms with Gasteiger partial charge in [0.2, 0.25) is 0 Å². The average Bonchev–Trinajstić information content (AvgIpc) is 2.40. The van der Waals surface area contributed by atoms with Crippen molar-refractivity contribution in [2.24, 2.45) is 0 Å². The number of benzene rings is 2. The molecule has 0 unspecified atom stereocenters. The van der Waals surface area contributed by atoms with Gasteiger partial charge in [-0.2, -0.15) is 0 Å². The Labute approximate surface area is 120 Å². The van der Waals surface area contributed by atoms with Gasteiger partial charge < -0.3 is 4.74 Å². The molecule has 2 heteroatoms. The van der Waals surface area contributed by atoms with Crippen LogP contribution in [-0.2, 0) is 0 Å². The molecule has 0 amide bonds. The van der Waals surface area contributed by atoms with Crippen LogP contribution in [0.25, 0.3) is 0 Å². The fraction of sp³-hybridized carbons (Fsp3) is 0.278. The van der Waals surface area contributed by atoms with Gasteiger partial charge in [0.05, 0.1) is 12.2 Å². The fourth-order valence-electron chi connectivity index (χ4n) is 2.32. The smallest absolute Gasteiger partial charge is 0.197 e. The molecule has 0 atom stereocenters. The summed E-state index contributed by atoms with van der Waals surface area (Å²) in [4.78, 5) is 12.7. The quantitative estimate of drug-likeness (QED) is 0.775.